The predicted molar refractivity (Wildman–Crippen MR) is 110 cm³/mol. The van der Waals surface area contributed by atoms with Crippen LogP contribution in [0.5, 0.6) is 5.75 Å². The number of nitrogens with zero attached hydrogens (tertiary/aromatic N) is 1. The number of ether oxygens (including phenoxy) is 1. The first-order chi connectivity index (χ1) is 15.2. The molecule has 0 fully saturated rings. The summed E-state index contributed by atoms with van der Waals surface area (Å²) < 4.78 is 41.4. The Morgan fingerprint density at radius 2 is 1.97 bits per heavy atom. The third-order valence-corrected chi connectivity index (χ3v) is 5.48. The molecule has 8 nitrogen and oxygen atoms in total. The van der Waals surface area contributed by atoms with Crippen LogP contribution in [-0.2, 0) is 9.59 Å². The van der Waals surface area contributed by atoms with Crippen LogP contribution in [0.2, 0.25) is 0 Å². The summed E-state index contributed by atoms with van der Waals surface area (Å²) in [5.74, 6) is -1.71. The summed E-state index contributed by atoms with van der Waals surface area (Å²) in [5, 5.41) is 8.01. The van der Waals surface area contributed by atoms with E-state index < -0.39 is 30.1 Å². The Balaban J connectivity index is 1.37. The van der Waals surface area contributed by atoms with Gasteiger partial charge in [0.1, 0.15) is 11.8 Å². The van der Waals surface area contributed by atoms with Crippen LogP contribution < -0.4 is 20.7 Å². The van der Waals surface area contributed by atoms with E-state index in [0.717, 1.165) is 17.4 Å². The van der Waals surface area contributed by atoms with Crippen molar-refractivity contribution >= 4 is 50.1 Å². The van der Waals surface area contributed by atoms with Gasteiger partial charge in [-0.25, -0.2) is 4.98 Å². The summed E-state index contributed by atoms with van der Waals surface area (Å²) >= 11 is 0.984. The zero-order valence-electron chi connectivity index (χ0n) is 16.2. The molecule has 0 unspecified atom stereocenters. The van der Waals surface area contributed by atoms with Crippen molar-refractivity contribution in [3.05, 3.63) is 48.0 Å². The van der Waals surface area contributed by atoms with Crippen LogP contribution in [0.1, 0.15) is 23.2 Å². The number of hydrogen-bond donors (Lipinski definition) is 3. The number of amides is 3. The molecule has 3 amide bonds. The van der Waals surface area contributed by atoms with E-state index in [4.69, 9.17) is 0 Å². The Morgan fingerprint density at radius 1 is 1.19 bits per heavy atom. The standard InChI is InChI=1S/C20H15F3N4O4S/c21-20(22,23)31-10-5-6-13-15(9-10)32-19(26-13)27-16(28)8-7-14-18(30)24-12-4-2-1-3-11(12)17(29)25-14/h1-6,9,14H,7-8H2,(H,24,30)(H,25,29)(H,26,27,28)/t14-/m1/s1. The molecule has 2 heterocycles. The van der Waals surface area contributed by atoms with Gasteiger partial charge in [-0.1, -0.05) is 23.5 Å². The van der Waals surface area contributed by atoms with Crippen molar-refractivity contribution in [1.82, 2.24) is 10.3 Å². The van der Waals surface area contributed by atoms with Gasteiger partial charge in [-0.15, -0.1) is 13.2 Å². The van der Waals surface area contributed by atoms with Crippen molar-refractivity contribution in [2.24, 2.45) is 0 Å². The zero-order valence-corrected chi connectivity index (χ0v) is 17.0. The largest absolute Gasteiger partial charge is 0.573 e. The Bertz CT molecular complexity index is 1210. The van der Waals surface area contributed by atoms with Crippen molar-refractivity contribution in [2.45, 2.75) is 25.2 Å². The zero-order chi connectivity index (χ0) is 22.9. The van der Waals surface area contributed by atoms with E-state index in [0.29, 0.717) is 21.5 Å². The van der Waals surface area contributed by atoms with E-state index in [1.807, 2.05) is 0 Å². The summed E-state index contributed by atoms with van der Waals surface area (Å²) in [6.07, 6.45) is -4.85. The number of rotatable bonds is 5. The summed E-state index contributed by atoms with van der Waals surface area (Å²) in [6, 6.07) is 9.32. The molecule has 1 aliphatic rings. The van der Waals surface area contributed by atoms with E-state index >= 15 is 0 Å². The van der Waals surface area contributed by atoms with Gasteiger partial charge in [0.15, 0.2) is 5.13 Å². The number of para-hydroxylation sites is 1. The van der Waals surface area contributed by atoms with Crippen molar-refractivity contribution in [3.8, 4) is 5.75 Å². The molecular formula is C20H15F3N4O4S. The summed E-state index contributed by atoms with van der Waals surface area (Å²) in [7, 11) is 0. The number of hydrogen-bond acceptors (Lipinski definition) is 6. The number of thiazole rings is 1. The van der Waals surface area contributed by atoms with Crippen LogP contribution in [0, 0.1) is 0 Å². The highest BCUT2D eigenvalue weighted by Gasteiger charge is 2.31. The summed E-state index contributed by atoms with van der Waals surface area (Å²) in [6.45, 7) is 0. The third-order valence-electron chi connectivity index (χ3n) is 4.55. The molecule has 0 bridgehead atoms. The average Bonchev–Trinajstić information content (AvgIpc) is 3.05. The fourth-order valence-corrected chi connectivity index (χ4v) is 4.04. The SMILES string of the molecule is O=C(CC[C@H]1NC(=O)c2ccccc2NC1=O)Nc1nc2ccc(OC(F)(F)F)cc2s1. The number of alkyl halides is 3. The third kappa shape index (κ3) is 4.97. The monoisotopic (exact) mass is 464 g/mol. The Morgan fingerprint density at radius 3 is 2.75 bits per heavy atom. The van der Waals surface area contributed by atoms with Crippen LogP contribution in [0.25, 0.3) is 10.2 Å². The number of aromatic nitrogens is 1. The molecule has 0 aliphatic carbocycles. The quantitative estimate of drug-likeness (QED) is 0.534. The normalized spacial score (nSPS) is 16.0. The molecule has 2 aromatic carbocycles. The molecule has 1 atom stereocenters. The van der Waals surface area contributed by atoms with Crippen LogP contribution in [-0.4, -0.2) is 35.1 Å². The van der Waals surface area contributed by atoms with Gasteiger partial charge in [-0.05, 0) is 30.7 Å². The van der Waals surface area contributed by atoms with Gasteiger partial charge >= 0.3 is 6.36 Å². The molecule has 0 saturated carbocycles. The topological polar surface area (TPSA) is 109 Å². The summed E-state index contributed by atoms with van der Waals surface area (Å²) in [5.41, 5.74) is 1.12. The van der Waals surface area contributed by atoms with Crippen LogP contribution in [0.4, 0.5) is 24.0 Å². The van der Waals surface area contributed by atoms with Gasteiger partial charge in [0.2, 0.25) is 11.8 Å². The number of nitrogens with one attached hydrogen (secondary N) is 3. The molecule has 0 spiro atoms. The molecule has 0 radical (unpaired) electrons. The molecule has 12 heteroatoms. The lowest BCUT2D eigenvalue weighted by Crippen LogP contribution is -2.41. The highest BCUT2D eigenvalue weighted by Crippen LogP contribution is 2.31. The van der Waals surface area contributed by atoms with Crippen LogP contribution in [0.3, 0.4) is 0 Å². The highest BCUT2D eigenvalue weighted by molar-refractivity contribution is 7.22. The predicted octanol–water partition coefficient (Wildman–Crippen LogP) is 3.66. The minimum absolute atomic E-state index is 0.0475. The van der Waals surface area contributed by atoms with Crippen molar-refractivity contribution in [1.29, 1.82) is 0 Å². The molecular weight excluding hydrogens is 449 g/mol. The van der Waals surface area contributed by atoms with Crippen LogP contribution in [0.15, 0.2) is 42.5 Å². The maximum atomic E-state index is 12.4. The first kappa shape index (κ1) is 21.6. The first-order valence-corrected chi connectivity index (χ1v) is 10.2. The number of carbonyl (C=O) groups excluding carboxylic acids is 3. The van der Waals surface area contributed by atoms with E-state index in [1.54, 1.807) is 24.3 Å². The minimum Gasteiger partial charge on any atom is -0.406 e. The van der Waals surface area contributed by atoms with Crippen molar-refractivity contribution < 1.29 is 32.3 Å². The summed E-state index contributed by atoms with van der Waals surface area (Å²) in [4.78, 5) is 41.2. The Hall–Kier alpha value is -3.67. The molecule has 32 heavy (non-hydrogen) atoms. The van der Waals surface area contributed by atoms with E-state index in [1.165, 1.54) is 12.1 Å². The van der Waals surface area contributed by atoms with E-state index in [2.05, 4.69) is 25.7 Å². The lowest BCUT2D eigenvalue weighted by Gasteiger charge is -2.13. The minimum atomic E-state index is -4.81. The van der Waals surface area contributed by atoms with Gasteiger partial charge in [0.25, 0.3) is 5.91 Å². The van der Waals surface area contributed by atoms with Crippen LogP contribution >= 0.6 is 11.3 Å². The number of benzene rings is 2. The second kappa shape index (κ2) is 8.46. The van der Waals surface area contributed by atoms with Gasteiger partial charge in [-0.3, -0.25) is 14.4 Å². The number of fused-ring (bicyclic) bond motifs is 2. The van der Waals surface area contributed by atoms with E-state index in [9.17, 15) is 27.6 Å². The molecule has 4 rings (SSSR count). The lowest BCUT2D eigenvalue weighted by molar-refractivity contribution is -0.274. The maximum absolute atomic E-state index is 12.4. The fourth-order valence-electron chi connectivity index (χ4n) is 3.13. The molecule has 3 aromatic rings. The number of carbonyl (C=O) groups is 3. The van der Waals surface area contributed by atoms with Gasteiger partial charge in [0.05, 0.1) is 21.5 Å². The van der Waals surface area contributed by atoms with Gasteiger partial charge < -0.3 is 20.7 Å². The second-order valence-electron chi connectivity index (χ2n) is 6.84. The fraction of sp³-hybridized carbons (Fsp3) is 0.200. The smallest absolute Gasteiger partial charge is 0.406 e. The lowest BCUT2D eigenvalue weighted by atomic mass is 10.1. The Labute approximate surface area is 182 Å². The first-order valence-electron chi connectivity index (χ1n) is 9.35. The maximum Gasteiger partial charge on any atom is 0.573 e. The molecule has 1 aromatic heterocycles. The highest BCUT2D eigenvalue weighted by atomic mass is 32.1. The van der Waals surface area contributed by atoms with Gasteiger partial charge in [-0.2, -0.15) is 0 Å². The molecule has 1 aliphatic heterocycles. The van der Waals surface area contributed by atoms with Crippen molar-refractivity contribution in [3.63, 3.8) is 0 Å². The molecule has 3 N–H and O–H groups in total. The number of halogens is 3. The average molecular weight is 464 g/mol. The van der Waals surface area contributed by atoms with E-state index in [-0.39, 0.29) is 23.7 Å². The second-order valence-corrected chi connectivity index (χ2v) is 7.87. The number of anilines is 2. The van der Waals surface area contributed by atoms with Crippen molar-refractivity contribution in [2.75, 3.05) is 10.6 Å². The molecule has 166 valence electrons. The molecule has 0 saturated heterocycles. The Kier molecular flexibility index (Phi) is 5.70. The van der Waals surface area contributed by atoms with Gasteiger partial charge in [0, 0.05) is 12.5 Å².